The van der Waals surface area contributed by atoms with Crippen molar-refractivity contribution in [1.29, 1.82) is 0 Å². The molecule has 0 aliphatic carbocycles. The first-order valence-electron chi connectivity index (χ1n) is 5.12. The largest absolute Gasteiger partial charge is 0.455 e. The molecule has 0 saturated heterocycles. The van der Waals surface area contributed by atoms with Crippen molar-refractivity contribution in [1.82, 2.24) is 5.32 Å². The Balaban J connectivity index is 2.91. The molecule has 1 aromatic rings. The zero-order valence-corrected chi connectivity index (χ0v) is 10.6. The summed E-state index contributed by atoms with van der Waals surface area (Å²) in [6.45, 7) is -2.01. The molecular weight excluding hydrogens is 327 g/mol. The maximum Gasteiger partial charge on any atom is 0.455 e. The first-order chi connectivity index (χ1) is 9.45. The monoisotopic (exact) mass is 332 g/mol. The number of rotatable bonds is 4. The van der Waals surface area contributed by atoms with Crippen molar-refractivity contribution in [3.63, 3.8) is 0 Å². The second-order valence-corrected chi connectivity index (χ2v) is 4.21. The van der Waals surface area contributed by atoms with E-state index < -0.39 is 40.7 Å². The fraction of sp³-hybridized carbons (Fsp3) is 0.300. The first-order valence-corrected chi connectivity index (χ1v) is 5.50. The first kappa shape index (κ1) is 17.1. The Morgan fingerprint density at radius 1 is 1.29 bits per heavy atom. The van der Waals surface area contributed by atoms with Gasteiger partial charge in [0.1, 0.15) is 0 Å². The predicted molar refractivity (Wildman–Crippen MR) is 61.4 cm³/mol. The minimum atomic E-state index is -5.83. The number of nitro groups is 1. The van der Waals surface area contributed by atoms with Crippen LogP contribution in [-0.2, 0) is 0 Å². The van der Waals surface area contributed by atoms with Gasteiger partial charge in [-0.2, -0.15) is 22.0 Å². The highest BCUT2D eigenvalue weighted by Crippen LogP contribution is 2.34. The summed E-state index contributed by atoms with van der Waals surface area (Å²) in [6.07, 6.45) is -5.83. The quantitative estimate of drug-likeness (QED) is 0.523. The van der Waals surface area contributed by atoms with Crippen LogP contribution in [0.25, 0.3) is 0 Å². The summed E-state index contributed by atoms with van der Waals surface area (Å²) in [5.74, 6) is -6.51. The number of nitro benzene ring substituents is 1. The highest BCUT2D eigenvalue weighted by molar-refractivity contribution is 6.33. The summed E-state index contributed by atoms with van der Waals surface area (Å²) in [7, 11) is 0. The predicted octanol–water partition coefficient (Wildman–Crippen LogP) is 3.18. The number of nitrogens with zero attached hydrogens (tertiary/aromatic N) is 1. The molecule has 0 atom stereocenters. The van der Waals surface area contributed by atoms with Crippen LogP contribution in [0.4, 0.5) is 27.6 Å². The molecule has 0 heterocycles. The van der Waals surface area contributed by atoms with E-state index in [1.54, 1.807) is 0 Å². The molecule has 0 unspecified atom stereocenters. The van der Waals surface area contributed by atoms with Crippen LogP contribution in [0.5, 0.6) is 0 Å². The molecule has 0 aliphatic heterocycles. The van der Waals surface area contributed by atoms with E-state index in [1.807, 2.05) is 0 Å². The highest BCUT2D eigenvalue weighted by atomic mass is 35.5. The van der Waals surface area contributed by atoms with Gasteiger partial charge in [-0.1, -0.05) is 11.6 Å². The summed E-state index contributed by atoms with van der Waals surface area (Å²) in [5, 5.41) is 11.5. The number of halogens is 6. The Morgan fingerprint density at radius 2 is 1.86 bits per heavy atom. The van der Waals surface area contributed by atoms with Crippen LogP contribution >= 0.6 is 11.6 Å². The summed E-state index contributed by atoms with van der Waals surface area (Å²) >= 11 is 5.54. The van der Waals surface area contributed by atoms with Gasteiger partial charge in [-0.25, -0.2) is 0 Å². The van der Waals surface area contributed by atoms with E-state index >= 15 is 0 Å². The molecule has 1 rings (SSSR count). The zero-order chi connectivity index (χ0) is 16.4. The van der Waals surface area contributed by atoms with Gasteiger partial charge >= 0.3 is 12.1 Å². The van der Waals surface area contributed by atoms with Gasteiger partial charge < -0.3 is 5.32 Å². The second kappa shape index (κ2) is 5.80. The number of amides is 1. The maximum atomic E-state index is 12.6. The summed E-state index contributed by atoms with van der Waals surface area (Å²) in [5.41, 5.74) is -1.14. The van der Waals surface area contributed by atoms with Crippen LogP contribution in [-0.4, -0.2) is 29.5 Å². The van der Waals surface area contributed by atoms with Crippen molar-refractivity contribution >= 4 is 23.2 Å². The molecule has 0 radical (unpaired) electrons. The Morgan fingerprint density at radius 3 is 2.33 bits per heavy atom. The van der Waals surface area contributed by atoms with Gasteiger partial charge in [0.2, 0.25) is 0 Å². The lowest BCUT2D eigenvalue weighted by Crippen LogP contribution is -2.46. The Hall–Kier alpha value is -1.97. The minimum absolute atomic E-state index is 0.326. The zero-order valence-electron chi connectivity index (χ0n) is 9.88. The fourth-order valence-corrected chi connectivity index (χ4v) is 1.39. The molecule has 1 aromatic carbocycles. The molecule has 0 aliphatic rings. The molecular formula is C10H6ClF5N2O3. The number of hydrogen-bond donors (Lipinski definition) is 1. The lowest BCUT2D eigenvalue weighted by atomic mass is 10.2. The third-order valence-electron chi connectivity index (χ3n) is 2.29. The van der Waals surface area contributed by atoms with Gasteiger partial charge in [0, 0.05) is 12.1 Å². The molecule has 116 valence electrons. The van der Waals surface area contributed by atoms with E-state index in [0.29, 0.717) is 6.07 Å². The SMILES string of the molecule is O=C(NCC(F)(F)C(F)(F)F)c1cc([N+](=O)[O-])ccc1Cl. The van der Waals surface area contributed by atoms with Crippen LogP contribution in [0.15, 0.2) is 18.2 Å². The average Bonchev–Trinajstić information content (AvgIpc) is 2.35. The fourth-order valence-electron chi connectivity index (χ4n) is 1.19. The van der Waals surface area contributed by atoms with Crippen LogP contribution in [0.3, 0.4) is 0 Å². The van der Waals surface area contributed by atoms with E-state index in [1.165, 1.54) is 5.32 Å². The number of nitrogens with one attached hydrogen (secondary N) is 1. The van der Waals surface area contributed by atoms with Crippen LogP contribution < -0.4 is 5.32 Å². The number of benzene rings is 1. The topological polar surface area (TPSA) is 72.2 Å². The van der Waals surface area contributed by atoms with Crippen molar-refractivity contribution in [2.24, 2.45) is 0 Å². The van der Waals surface area contributed by atoms with E-state index in [9.17, 15) is 36.9 Å². The van der Waals surface area contributed by atoms with Crippen molar-refractivity contribution in [2.75, 3.05) is 6.54 Å². The highest BCUT2D eigenvalue weighted by Gasteiger charge is 2.57. The van der Waals surface area contributed by atoms with E-state index in [2.05, 4.69) is 0 Å². The maximum absolute atomic E-state index is 12.6. The van der Waals surface area contributed by atoms with Crippen molar-refractivity contribution in [3.05, 3.63) is 38.9 Å². The van der Waals surface area contributed by atoms with Gasteiger partial charge in [0.05, 0.1) is 22.1 Å². The molecule has 1 amide bonds. The summed E-state index contributed by atoms with van der Waals surface area (Å²) in [6, 6.07) is 2.57. The van der Waals surface area contributed by atoms with Crippen molar-refractivity contribution in [2.45, 2.75) is 12.1 Å². The van der Waals surface area contributed by atoms with Crippen LogP contribution in [0, 0.1) is 10.1 Å². The second-order valence-electron chi connectivity index (χ2n) is 3.81. The smallest absolute Gasteiger partial charge is 0.346 e. The van der Waals surface area contributed by atoms with Crippen LogP contribution in [0.1, 0.15) is 10.4 Å². The van der Waals surface area contributed by atoms with Gasteiger partial charge in [-0.05, 0) is 6.07 Å². The molecule has 0 saturated carbocycles. The van der Waals surface area contributed by atoms with Gasteiger partial charge in [0.25, 0.3) is 11.6 Å². The Kier molecular flexibility index (Phi) is 4.72. The van der Waals surface area contributed by atoms with Gasteiger partial charge in [-0.15, -0.1) is 0 Å². The number of hydrogen-bond acceptors (Lipinski definition) is 3. The van der Waals surface area contributed by atoms with Gasteiger partial charge in [-0.3, -0.25) is 14.9 Å². The van der Waals surface area contributed by atoms with Gasteiger partial charge in [0.15, 0.2) is 0 Å². The standard InChI is InChI=1S/C10H6ClF5N2O3/c11-7-2-1-5(18(20)21)3-6(7)8(19)17-4-9(12,13)10(14,15)16/h1-3H,4H2,(H,17,19). The molecule has 0 spiro atoms. The van der Waals surface area contributed by atoms with E-state index in [0.717, 1.165) is 12.1 Å². The molecule has 0 aromatic heterocycles. The average molecular weight is 333 g/mol. The lowest BCUT2D eigenvalue weighted by Gasteiger charge is -2.19. The molecule has 5 nitrogen and oxygen atoms in total. The molecule has 0 bridgehead atoms. The summed E-state index contributed by atoms with van der Waals surface area (Å²) < 4.78 is 61.0. The summed E-state index contributed by atoms with van der Waals surface area (Å²) in [4.78, 5) is 21.1. The lowest BCUT2D eigenvalue weighted by molar-refractivity contribution is -0.384. The van der Waals surface area contributed by atoms with Crippen molar-refractivity contribution < 1.29 is 31.7 Å². The molecule has 21 heavy (non-hydrogen) atoms. The van der Waals surface area contributed by atoms with E-state index in [-0.39, 0.29) is 5.02 Å². The van der Waals surface area contributed by atoms with Crippen molar-refractivity contribution in [3.8, 4) is 0 Å². The molecule has 0 fully saturated rings. The number of carbonyl (C=O) groups excluding carboxylic acids is 1. The Bertz CT molecular complexity index is 576. The number of carbonyl (C=O) groups is 1. The third kappa shape index (κ3) is 4.00. The Labute approximate surface area is 118 Å². The molecule has 1 N–H and O–H groups in total. The third-order valence-corrected chi connectivity index (χ3v) is 2.62. The number of alkyl halides is 5. The minimum Gasteiger partial charge on any atom is -0.346 e. The normalized spacial score (nSPS) is 12.1. The molecule has 11 heteroatoms. The number of non-ortho nitro benzene ring substituents is 1. The van der Waals surface area contributed by atoms with E-state index in [4.69, 9.17) is 11.6 Å². The van der Waals surface area contributed by atoms with Crippen LogP contribution in [0.2, 0.25) is 5.02 Å².